The van der Waals surface area contributed by atoms with Gasteiger partial charge < -0.3 is 9.47 Å². The zero-order valence-electron chi connectivity index (χ0n) is 10.9. The molecule has 2 rings (SSSR count). The second kappa shape index (κ2) is 7.11. The van der Waals surface area contributed by atoms with Crippen molar-refractivity contribution in [3.63, 3.8) is 0 Å². The van der Waals surface area contributed by atoms with Crippen molar-refractivity contribution in [1.82, 2.24) is 4.98 Å². The van der Waals surface area contributed by atoms with Crippen LogP contribution >= 0.6 is 39.1 Å². The predicted molar refractivity (Wildman–Crippen MR) is 84.1 cm³/mol. The molecule has 0 saturated carbocycles. The van der Waals surface area contributed by atoms with Gasteiger partial charge in [-0.1, -0.05) is 39.1 Å². The number of ether oxygens (including phenoxy) is 2. The summed E-state index contributed by atoms with van der Waals surface area (Å²) in [6.45, 7) is 0.0711. The number of carbonyl (C=O) groups is 1. The van der Waals surface area contributed by atoms with E-state index in [2.05, 4.69) is 20.9 Å². The first kappa shape index (κ1) is 16.1. The van der Waals surface area contributed by atoms with Crippen LogP contribution in [0.25, 0.3) is 0 Å². The van der Waals surface area contributed by atoms with E-state index in [4.69, 9.17) is 32.7 Å². The summed E-state index contributed by atoms with van der Waals surface area (Å²) in [6, 6.07) is 6.86. The Labute approximate surface area is 140 Å². The van der Waals surface area contributed by atoms with Crippen molar-refractivity contribution in [2.45, 2.75) is 6.61 Å². The molecule has 2 aromatic rings. The largest absolute Gasteiger partial charge is 0.496 e. The Morgan fingerprint density at radius 1 is 1.33 bits per heavy atom. The Balaban J connectivity index is 2.10. The lowest BCUT2D eigenvalue weighted by atomic mass is 10.2. The van der Waals surface area contributed by atoms with E-state index in [1.807, 2.05) is 12.1 Å². The monoisotopic (exact) mass is 389 g/mol. The molecule has 0 aliphatic carbocycles. The molecule has 0 N–H and O–H groups in total. The summed E-state index contributed by atoms with van der Waals surface area (Å²) >= 11 is 14.9. The second-order valence-corrected chi connectivity index (χ2v) is 5.71. The fourth-order valence-corrected chi connectivity index (χ4v) is 2.30. The van der Waals surface area contributed by atoms with E-state index in [0.717, 1.165) is 10.0 Å². The highest BCUT2D eigenvalue weighted by Gasteiger charge is 2.12. The number of rotatable bonds is 4. The topological polar surface area (TPSA) is 48.4 Å². The summed E-state index contributed by atoms with van der Waals surface area (Å²) in [6.07, 6.45) is 1.31. The van der Waals surface area contributed by atoms with E-state index in [1.54, 1.807) is 13.2 Å². The quantitative estimate of drug-likeness (QED) is 0.568. The van der Waals surface area contributed by atoms with Crippen LogP contribution in [0.5, 0.6) is 5.75 Å². The summed E-state index contributed by atoms with van der Waals surface area (Å²) in [7, 11) is 1.55. The van der Waals surface area contributed by atoms with Crippen LogP contribution in [0.4, 0.5) is 0 Å². The molecule has 0 spiro atoms. The van der Waals surface area contributed by atoms with E-state index < -0.39 is 5.97 Å². The molecule has 0 aliphatic heterocycles. The number of nitrogens with zero attached hydrogens (tertiary/aromatic N) is 1. The zero-order chi connectivity index (χ0) is 15.4. The van der Waals surface area contributed by atoms with Gasteiger partial charge in [0.2, 0.25) is 0 Å². The Morgan fingerprint density at radius 2 is 2.10 bits per heavy atom. The third-order valence-electron chi connectivity index (χ3n) is 2.63. The summed E-state index contributed by atoms with van der Waals surface area (Å²) in [5.74, 6) is 0.0985. The molecule has 7 heteroatoms. The van der Waals surface area contributed by atoms with Gasteiger partial charge in [-0.05, 0) is 24.3 Å². The smallest absolute Gasteiger partial charge is 0.340 e. The molecule has 0 bridgehead atoms. The lowest BCUT2D eigenvalue weighted by Crippen LogP contribution is -2.06. The van der Waals surface area contributed by atoms with Crippen molar-refractivity contribution < 1.29 is 14.3 Å². The van der Waals surface area contributed by atoms with Crippen molar-refractivity contribution in [3.8, 4) is 5.75 Å². The van der Waals surface area contributed by atoms with Crippen molar-refractivity contribution in [1.29, 1.82) is 0 Å². The number of carbonyl (C=O) groups excluding carboxylic acids is 1. The summed E-state index contributed by atoms with van der Waals surface area (Å²) < 4.78 is 11.3. The fourth-order valence-electron chi connectivity index (χ4n) is 1.62. The van der Waals surface area contributed by atoms with Crippen LogP contribution in [0, 0.1) is 0 Å². The van der Waals surface area contributed by atoms with Crippen molar-refractivity contribution >= 4 is 45.1 Å². The third-order valence-corrected chi connectivity index (χ3v) is 3.81. The highest BCUT2D eigenvalue weighted by atomic mass is 79.9. The molecule has 0 fully saturated rings. The number of benzene rings is 1. The minimum atomic E-state index is -0.539. The molecule has 1 heterocycles. The standard InChI is InChI=1S/C14H10BrCl2NO3/c1-20-12-3-2-10(15)4-9(12)7-21-14(19)8-5-11(16)13(17)18-6-8/h2-6H,7H2,1H3. The maximum Gasteiger partial charge on any atom is 0.340 e. The Hall–Kier alpha value is -1.30. The normalized spacial score (nSPS) is 10.3. The Kier molecular flexibility index (Phi) is 5.45. The van der Waals surface area contributed by atoms with Crippen LogP contribution in [0.3, 0.4) is 0 Å². The van der Waals surface area contributed by atoms with Gasteiger partial charge in [-0.15, -0.1) is 0 Å². The number of methoxy groups -OCH3 is 1. The minimum absolute atomic E-state index is 0.0711. The van der Waals surface area contributed by atoms with Gasteiger partial charge in [-0.25, -0.2) is 9.78 Å². The third kappa shape index (κ3) is 4.09. The van der Waals surface area contributed by atoms with Gasteiger partial charge >= 0.3 is 5.97 Å². The minimum Gasteiger partial charge on any atom is -0.496 e. The number of esters is 1. The summed E-state index contributed by atoms with van der Waals surface area (Å²) in [5, 5.41) is 0.341. The molecule has 0 radical (unpaired) electrons. The van der Waals surface area contributed by atoms with Gasteiger partial charge in [0, 0.05) is 16.2 Å². The van der Waals surface area contributed by atoms with Crippen LogP contribution < -0.4 is 4.74 Å². The van der Waals surface area contributed by atoms with Crippen LogP contribution in [-0.2, 0) is 11.3 Å². The van der Waals surface area contributed by atoms with E-state index in [-0.39, 0.29) is 22.3 Å². The number of hydrogen-bond donors (Lipinski definition) is 0. The summed E-state index contributed by atoms with van der Waals surface area (Å²) in [4.78, 5) is 15.8. The first-order chi connectivity index (χ1) is 10.0. The van der Waals surface area contributed by atoms with E-state index >= 15 is 0 Å². The number of hydrogen-bond acceptors (Lipinski definition) is 4. The molecule has 1 aromatic heterocycles. The molecule has 1 aromatic carbocycles. The molecule has 0 atom stereocenters. The maximum absolute atomic E-state index is 11.9. The lowest BCUT2D eigenvalue weighted by Gasteiger charge is -2.10. The molecule has 110 valence electrons. The Bertz CT molecular complexity index is 679. The van der Waals surface area contributed by atoms with Crippen LogP contribution in [0.1, 0.15) is 15.9 Å². The highest BCUT2D eigenvalue weighted by Crippen LogP contribution is 2.24. The maximum atomic E-state index is 11.9. The predicted octanol–water partition coefficient (Wildman–Crippen LogP) is 4.52. The van der Waals surface area contributed by atoms with Crippen molar-refractivity contribution in [2.75, 3.05) is 7.11 Å². The molecule has 0 aliphatic rings. The summed E-state index contributed by atoms with van der Waals surface area (Å²) in [5.41, 5.74) is 0.978. The molecule has 4 nitrogen and oxygen atoms in total. The molecule has 0 saturated heterocycles. The molecule has 21 heavy (non-hydrogen) atoms. The van der Waals surface area contributed by atoms with Gasteiger partial charge in [0.1, 0.15) is 17.5 Å². The van der Waals surface area contributed by atoms with Gasteiger partial charge in [0.05, 0.1) is 17.7 Å². The highest BCUT2D eigenvalue weighted by molar-refractivity contribution is 9.10. The Morgan fingerprint density at radius 3 is 2.76 bits per heavy atom. The number of pyridine rings is 1. The van der Waals surface area contributed by atoms with Crippen molar-refractivity contribution in [3.05, 3.63) is 56.2 Å². The first-order valence-corrected chi connectivity index (χ1v) is 7.36. The molecule has 0 amide bonds. The fraction of sp³-hybridized carbons (Fsp3) is 0.143. The van der Waals surface area contributed by atoms with E-state index in [9.17, 15) is 4.79 Å². The van der Waals surface area contributed by atoms with Gasteiger partial charge in [0.15, 0.2) is 0 Å². The van der Waals surface area contributed by atoms with Crippen molar-refractivity contribution in [2.24, 2.45) is 0 Å². The van der Waals surface area contributed by atoms with Crippen LogP contribution in [-0.4, -0.2) is 18.1 Å². The molecular formula is C14H10BrCl2NO3. The second-order valence-electron chi connectivity index (χ2n) is 4.03. The molecule has 0 unspecified atom stereocenters. The van der Waals surface area contributed by atoms with Crippen LogP contribution in [0.15, 0.2) is 34.9 Å². The number of aromatic nitrogens is 1. The SMILES string of the molecule is COc1ccc(Br)cc1COC(=O)c1cnc(Cl)c(Cl)c1. The first-order valence-electron chi connectivity index (χ1n) is 5.82. The molecular weight excluding hydrogens is 381 g/mol. The zero-order valence-corrected chi connectivity index (χ0v) is 14.0. The van der Waals surface area contributed by atoms with Gasteiger partial charge in [-0.2, -0.15) is 0 Å². The average molecular weight is 391 g/mol. The van der Waals surface area contributed by atoms with Gasteiger partial charge in [0.25, 0.3) is 0 Å². The van der Waals surface area contributed by atoms with Crippen LogP contribution in [0.2, 0.25) is 10.2 Å². The average Bonchev–Trinajstić information content (AvgIpc) is 2.47. The van der Waals surface area contributed by atoms with E-state index in [0.29, 0.717) is 5.75 Å². The van der Waals surface area contributed by atoms with Gasteiger partial charge in [-0.3, -0.25) is 0 Å². The lowest BCUT2D eigenvalue weighted by molar-refractivity contribution is 0.0469. The number of halogens is 3. The van der Waals surface area contributed by atoms with E-state index in [1.165, 1.54) is 12.3 Å².